The molecule has 0 rings (SSSR count). The number of hydrogen-bond donors (Lipinski definition) is 3. The first-order chi connectivity index (χ1) is 5.82. The number of carboxylic acid groups (broad SMARTS) is 3. The minimum absolute atomic E-state index is 0. The Morgan fingerprint density at radius 1 is 1.07 bits per heavy atom. The maximum atomic E-state index is 9.67. The molecule has 8 nitrogen and oxygen atoms in total. The SMILES string of the molecule is O=C([O-])[C@H](O)[C@@H](O)CO.O=C([O-])[O-].[Ca+2].[Ca+2]. The van der Waals surface area contributed by atoms with E-state index < -0.39 is 30.9 Å². The van der Waals surface area contributed by atoms with Gasteiger partial charge in [0.25, 0.3) is 0 Å². The fourth-order valence-electron chi connectivity index (χ4n) is 0.257. The minimum atomic E-state index is -2.33. The van der Waals surface area contributed by atoms with Crippen LogP contribution in [0.15, 0.2) is 0 Å². The molecule has 0 amide bonds. The maximum Gasteiger partial charge on any atom is 2.00 e. The summed E-state index contributed by atoms with van der Waals surface area (Å²) in [5.74, 6) is -1.79. The quantitative estimate of drug-likeness (QED) is 0.427. The van der Waals surface area contributed by atoms with Gasteiger partial charge in [-0.15, -0.1) is 0 Å². The fraction of sp³-hybridized carbons (Fsp3) is 0.600. The number of hydrogen-bond acceptors (Lipinski definition) is 8. The Kier molecular flexibility index (Phi) is 25.3. The third-order valence-electron chi connectivity index (χ3n) is 0.793. The predicted molar refractivity (Wildman–Crippen MR) is 41.0 cm³/mol. The summed E-state index contributed by atoms with van der Waals surface area (Å²) in [5.41, 5.74) is 0. The van der Waals surface area contributed by atoms with Gasteiger partial charge in [0.15, 0.2) is 0 Å². The average Bonchev–Trinajstić information content (AvgIpc) is 2.00. The van der Waals surface area contributed by atoms with E-state index in [4.69, 9.17) is 30.3 Å². The van der Waals surface area contributed by atoms with Crippen LogP contribution in [0.25, 0.3) is 0 Å². The standard InChI is InChI=1S/C4H8O5.CH2O3.2Ca/c5-1-2(6)3(7)4(8)9;2-1(3)4;;/h2-3,5-7H,1H2,(H,8,9);(H2,2,3,4);;/q;;2*+2/p-3/t2-,3+;;;/m0.../s1. The van der Waals surface area contributed by atoms with Crippen LogP contribution in [-0.2, 0) is 4.79 Å². The number of aliphatic hydroxyl groups is 3. The van der Waals surface area contributed by atoms with E-state index in [-0.39, 0.29) is 75.5 Å². The Balaban J connectivity index is -0.0000000883. The molecule has 2 atom stereocenters. The van der Waals surface area contributed by atoms with E-state index in [9.17, 15) is 9.90 Å². The largest absolute Gasteiger partial charge is 2.00 e. The Morgan fingerprint density at radius 3 is 1.40 bits per heavy atom. The van der Waals surface area contributed by atoms with Gasteiger partial charge in [0.2, 0.25) is 0 Å². The second kappa shape index (κ2) is 15.1. The third-order valence-corrected chi connectivity index (χ3v) is 0.793. The summed E-state index contributed by atoms with van der Waals surface area (Å²) >= 11 is 0. The molecule has 0 aromatic carbocycles. The van der Waals surface area contributed by atoms with E-state index in [0.717, 1.165) is 0 Å². The van der Waals surface area contributed by atoms with Crippen molar-refractivity contribution in [2.75, 3.05) is 6.61 Å². The van der Waals surface area contributed by atoms with Gasteiger partial charge in [-0.3, -0.25) is 0 Å². The van der Waals surface area contributed by atoms with Crippen LogP contribution in [0.3, 0.4) is 0 Å². The Bertz CT molecular complexity index is 170. The van der Waals surface area contributed by atoms with E-state index in [1.807, 2.05) is 0 Å². The molecular formula is C5H7Ca2O8+. The molecule has 0 heterocycles. The van der Waals surface area contributed by atoms with Crippen molar-refractivity contribution in [3.63, 3.8) is 0 Å². The molecule has 0 saturated heterocycles. The van der Waals surface area contributed by atoms with Crippen LogP contribution in [0.4, 0.5) is 4.79 Å². The zero-order valence-electron chi connectivity index (χ0n) is 7.66. The second-order valence-corrected chi connectivity index (χ2v) is 1.76. The number of aliphatic carboxylic acids is 1. The molecule has 78 valence electrons. The van der Waals surface area contributed by atoms with E-state index in [1.54, 1.807) is 0 Å². The number of carboxylic acids is 1. The van der Waals surface area contributed by atoms with Crippen LogP contribution in [0.2, 0.25) is 0 Å². The molecular weight excluding hydrogens is 268 g/mol. The molecule has 0 saturated carbocycles. The first-order valence-corrected chi connectivity index (χ1v) is 2.88. The fourth-order valence-corrected chi connectivity index (χ4v) is 0.257. The molecule has 0 fully saturated rings. The monoisotopic (exact) mass is 275 g/mol. The second-order valence-electron chi connectivity index (χ2n) is 1.76. The molecule has 0 aliphatic heterocycles. The van der Waals surface area contributed by atoms with Crippen molar-refractivity contribution in [3.05, 3.63) is 0 Å². The average molecular weight is 275 g/mol. The Hall–Kier alpha value is 1.14. The van der Waals surface area contributed by atoms with Crippen molar-refractivity contribution in [3.8, 4) is 0 Å². The topological polar surface area (TPSA) is 164 Å². The van der Waals surface area contributed by atoms with Crippen molar-refractivity contribution in [1.29, 1.82) is 0 Å². The van der Waals surface area contributed by atoms with Crippen LogP contribution < -0.4 is 15.3 Å². The zero-order valence-corrected chi connectivity index (χ0v) is 12.1. The van der Waals surface area contributed by atoms with Crippen LogP contribution in [0.5, 0.6) is 0 Å². The van der Waals surface area contributed by atoms with Gasteiger partial charge in [-0.2, -0.15) is 0 Å². The van der Waals surface area contributed by atoms with Gasteiger partial charge in [-0.25, -0.2) is 0 Å². The van der Waals surface area contributed by atoms with Crippen molar-refractivity contribution in [2.24, 2.45) is 0 Å². The molecule has 0 aromatic heterocycles. The van der Waals surface area contributed by atoms with Gasteiger partial charge in [0.1, 0.15) is 12.2 Å². The molecule has 0 radical (unpaired) electrons. The van der Waals surface area contributed by atoms with E-state index in [2.05, 4.69) is 0 Å². The number of carbonyl (C=O) groups is 2. The zero-order chi connectivity index (χ0) is 11.0. The first-order valence-electron chi connectivity index (χ1n) is 2.88. The number of carbonyl (C=O) groups excluding carboxylic acids is 2. The van der Waals surface area contributed by atoms with Crippen molar-refractivity contribution < 1.29 is 40.2 Å². The molecule has 10 heteroatoms. The van der Waals surface area contributed by atoms with Crippen molar-refractivity contribution in [2.45, 2.75) is 12.2 Å². The van der Waals surface area contributed by atoms with Crippen molar-refractivity contribution in [1.82, 2.24) is 0 Å². The molecule has 0 aromatic rings. The summed E-state index contributed by atoms with van der Waals surface area (Å²) in [6.07, 6.45) is -6.00. The maximum absolute atomic E-state index is 9.67. The first kappa shape index (κ1) is 25.1. The van der Waals surface area contributed by atoms with E-state index in [1.165, 1.54) is 0 Å². The summed E-state index contributed by atoms with van der Waals surface area (Å²) in [4.78, 5) is 18.0. The predicted octanol–water partition coefficient (Wildman–Crippen LogP) is -6.76. The van der Waals surface area contributed by atoms with Gasteiger partial charge in [0.05, 0.1) is 12.6 Å². The summed E-state index contributed by atoms with van der Waals surface area (Å²) in [6, 6.07) is 0. The van der Waals surface area contributed by atoms with Crippen LogP contribution >= 0.6 is 0 Å². The summed E-state index contributed by atoms with van der Waals surface area (Å²) in [5, 5.41) is 51.1. The third kappa shape index (κ3) is 21.1. The van der Waals surface area contributed by atoms with Crippen LogP contribution in [-0.4, -0.2) is 122 Å². The van der Waals surface area contributed by atoms with Crippen molar-refractivity contribution >= 4 is 87.6 Å². The smallest absolute Gasteiger partial charge is 0.652 e. The summed E-state index contributed by atoms with van der Waals surface area (Å²) in [7, 11) is 0. The molecule has 15 heavy (non-hydrogen) atoms. The van der Waals surface area contributed by atoms with Gasteiger partial charge in [-0.05, 0) is 6.16 Å². The molecule has 0 unspecified atom stereocenters. The normalized spacial score (nSPS) is 11.7. The van der Waals surface area contributed by atoms with Crippen LogP contribution in [0.1, 0.15) is 0 Å². The molecule has 0 aliphatic rings. The molecule has 0 bridgehead atoms. The summed E-state index contributed by atoms with van der Waals surface area (Å²) < 4.78 is 0. The number of aliphatic hydroxyl groups excluding tert-OH is 3. The molecule has 0 spiro atoms. The van der Waals surface area contributed by atoms with Gasteiger partial charge in [-0.1, -0.05) is 0 Å². The van der Waals surface area contributed by atoms with E-state index >= 15 is 0 Å². The Labute approximate surface area is 145 Å². The minimum Gasteiger partial charge on any atom is -0.652 e. The summed E-state index contributed by atoms with van der Waals surface area (Å²) in [6.45, 7) is -0.796. The van der Waals surface area contributed by atoms with Gasteiger partial charge < -0.3 is 40.2 Å². The Morgan fingerprint density at radius 2 is 1.33 bits per heavy atom. The number of rotatable bonds is 3. The van der Waals surface area contributed by atoms with Gasteiger partial charge in [0, 0.05) is 0 Å². The molecule has 3 N–H and O–H groups in total. The van der Waals surface area contributed by atoms with E-state index in [0.29, 0.717) is 0 Å². The molecule has 0 aliphatic carbocycles. The van der Waals surface area contributed by atoms with Gasteiger partial charge >= 0.3 is 75.5 Å². The van der Waals surface area contributed by atoms with Crippen LogP contribution in [0, 0.1) is 0 Å².